The van der Waals surface area contributed by atoms with Gasteiger partial charge in [-0.1, -0.05) is 0 Å². The van der Waals surface area contributed by atoms with E-state index in [0.717, 1.165) is 27.9 Å². The normalized spacial score (nSPS) is 38.4. The van der Waals surface area contributed by atoms with E-state index in [4.69, 9.17) is 5.73 Å². The van der Waals surface area contributed by atoms with Crippen LogP contribution >= 0.6 is 27.7 Å². The van der Waals surface area contributed by atoms with Gasteiger partial charge in [0.05, 0.1) is 0 Å². The van der Waals surface area contributed by atoms with Crippen molar-refractivity contribution in [3.63, 3.8) is 0 Å². The molecule has 2 N–H and O–H groups in total. The van der Waals surface area contributed by atoms with Crippen LogP contribution in [0.4, 0.5) is 5.69 Å². The molecule has 0 heterocycles. The molecule has 4 aliphatic carbocycles. The Bertz CT molecular complexity index is 492. The number of thioether (sulfide) groups is 1. The molecule has 4 aliphatic rings. The standard InChI is InChI=1S/C17H22BrNS/c18-15-6-14(19)1-2-16(15)20-10-17-7-11-3-12(8-17)5-13(4-11)9-17/h1-2,6,11-13H,3-5,7-10,19H2. The number of rotatable bonds is 3. The lowest BCUT2D eigenvalue weighted by Crippen LogP contribution is -2.47. The van der Waals surface area contributed by atoms with Crippen molar-refractivity contribution in [2.75, 3.05) is 11.5 Å². The van der Waals surface area contributed by atoms with Crippen LogP contribution in [0.15, 0.2) is 27.6 Å². The lowest BCUT2D eigenvalue weighted by atomic mass is 9.50. The Morgan fingerprint density at radius 1 is 1.10 bits per heavy atom. The fraction of sp³-hybridized carbons (Fsp3) is 0.647. The number of hydrogen-bond donors (Lipinski definition) is 1. The first-order valence-electron chi connectivity index (χ1n) is 7.80. The average molecular weight is 352 g/mol. The molecule has 0 unspecified atom stereocenters. The van der Waals surface area contributed by atoms with Crippen LogP contribution in [0.2, 0.25) is 0 Å². The van der Waals surface area contributed by atoms with E-state index in [1.54, 1.807) is 0 Å². The van der Waals surface area contributed by atoms with E-state index in [9.17, 15) is 0 Å². The Balaban J connectivity index is 1.49. The highest BCUT2D eigenvalue weighted by Crippen LogP contribution is 2.61. The van der Waals surface area contributed by atoms with Crippen molar-refractivity contribution < 1.29 is 0 Å². The monoisotopic (exact) mass is 351 g/mol. The molecule has 3 heteroatoms. The van der Waals surface area contributed by atoms with Crippen molar-refractivity contribution in [3.8, 4) is 0 Å². The largest absolute Gasteiger partial charge is 0.399 e. The van der Waals surface area contributed by atoms with E-state index in [-0.39, 0.29) is 0 Å². The average Bonchev–Trinajstić information content (AvgIpc) is 2.36. The molecule has 20 heavy (non-hydrogen) atoms. The summed E-state index contributed by atoms with van der Waals surface area (Å²) in [5, 5.41) is 0. The second-order valence-electron chi connectivity index (χ2n) is 7.40. The molecule has 0 aliphatic heterocycles. The van der Waals surface area contributed by atoms with Gasteiger partial charge >= 0.3 is 0 Å². The predicted molar refractivity (Wildman–Crippen MR) is 89.9 cm³/mol. The molecule has 1 aromatic carbocycles. The van der Waals surface area contributed by atoms with E-state index in [2.05, 4.69) is 22.0 Å². The van der Waals surface area contributed by atoms with Gasteiger partial charge in [-0.3, -0.25) is 0 Å². The molecule has 0 atom stereocenters. The molecule has 0 radical (unpaired) electrons. The van der Waals surface area contributed by atoms with Gasteiger partial charge in [0, 0.05) is 20.8 Å². The molecule has 0 amide bonds. The maximum atomic E-state index is 5.83. The Labute approximate surface area is 134 Å². The highest BCUT2D eigenvalue weighted by Gasteiger charge is 2.50. The van der Waals surface area contributed by atoms with Crippen molar-refractivity contribution in [2.24, 2.45) is 23.2 Å². The molecule has 0 saturated heterocycles. The molecule has 4 saturated carbocycles. The molecule has 0 aromatic heterocycles. The Morgan fingerprint density at radius 3 is 2.25 bits per heavy atom. The molecule has 5 rings (SSSR count). The van der Waals surface area contributed by atoms with Crippen molar-refractivity contribution in [1.29, 1.82) is 0 Å². The van der Waals surface area contributed by atoms with Crippen molar-refractivity contribution in [1.82, 2.24) is 0 Å². The van der Waals surface area contributed by atoms with E-state index in [1.165, 1.54) is 49.2 Å². The summed E-state index contributed by atoms with van der Waals surface area (Å²) < 4.78 is 1.16. The number of benzene rings is 1. The number of nitrogens with two attached hydrogens (primary N) is 1. The summed E-state index contributed by atoms with van der Waals surface area (Å²) in [4.78, 5) is 1.36. The van der Waals surface area contributed by atoms with Crippen LogP contribution < -0.4 is 5.73 Å². The van der Waals surface area contributed by atoms with Crippen LogP contribution in [-0.4, -0.2) is 5.75 Å². The molecular formula is C17H22BrNS. The lowest BCUT2D eigenvalue weighted by Gasteiger charge is -2.56. The summed E-state index contributed by atoms with van der Waals surface area (Å²) in [6.07, 6.45) is 9.11. The molecule has 108 valence electrons. The quantitative estimate of drug-likeness (QED) is 0.587. The highest BCUT2D eigenvalue weighted by molar-refractivity contribution is 9.10. The first-order valence-corrected chi connectivity index (χ1v) is 9.58. The summed E-state index contributed by atoms with van der Waals surface area (Å²) in [6, 6.07) is 6.22. The van der Waals surface area contributed by atoms with Crippen molar-refractivity contribution in [2.45, 2.75) is 43.4 Å². The molecule has 4 fully saturated rings. The molecular weight excluding hydrogens is 330 g/mol. The Kier molecular flexibility index (Phi) is 3.34. The second-order valence-corrected chi connectivity index (χ2v) is 9.27. The maximum Gasteiger partial charge on any atom is 0.0331 e. The number of hydrogen-bond acceptors (Lipinski definition) is 2. The van der Waals surface area contributed by atoms with E-state index < -0.39 is 0 Å². The summed E-state index contributed by atoms with van der Waals surface area (Å²) in [5.41, 5.74) is 7.33. The zero-order valence-corrected chi connectivity index (χ0v) is 14.2. The fourth-order valence-corrected chi connectivity index (χ4v) is 7.25. The van der Waals surface area contributed by atoms with Crippen LogP contribution in [-0.2, 0) is 0 Å². The van der Waals surface area contributed by atoms with Gasteiger partial charge in [-0.2, -0.15) is 0 Å². The number of halogens is 1. The lowest BCUT2D eigenvalue weighted by molar-refractivity contribution is -0.0381. The minimum absolute atomic E-state index is 0.653. The molecule has 1 aromatic rings. The minimum atomic E-state index is 0.653. The van der Waals surface area contributed by atoms with Crippen molar-refractivity contribution >= 4 is 33.4 Å². The molecule has 0 spiro atoms. The SMILES string of the molecule is Nc1ccc(SCC23CC4CC(CC(C4)C2)C3)c(Br)c1. The van der Waals surface area contributed by atoms with Gasteiger partial charge < -0.3 is 5.73 Å². The zero-order valence-electron chi connectivity index (χ0n) is 11.8. The Hall–Kier alpha value is -0.150. The van der Waals surface area contributed by atoms with Gasteiger partial charge in [0.1, 0.15) is 0 Å². The smallest absolute Gasteiger partial charge is 0.0331 e. The third-order valence-electron chi connectivity index (χ3n) is 5.65. The molecule has 1 nitrogen and oxygen atoms in total. The van der Waals surface area contributed by atoms with Gasteiger partial charge in [-0.05, 0) is 95.8 Å². The number of anilines is 1. The summed E-state index contributed by atoms with van der Waals surface area (Å²) in [5.74, 6) is 4.46. The van der Waals surface area contributed by atoms with E-state index >= 15 is 0 Å². The van der Waals surface area contributed by atoms with Gasteiger partial charge in [0.25, 0.3) is 0 Å². The van der Waals surface area contributed by atoms with Crippen LogP contribution in [0.5, 0.6) is 0 Å². The first-order chi connectivity index (χ1) is 9.62. The third-order valence-corrected chi connectivity index (χ3v) is 8.00. The predicted octanol–water partition coefficient (Wildman–Crippen LogP) is 5.34. The summed E-state index contributed by atoms with van der Waals surface area (Å²) in [7, 11) is 0. The molecule has 4 bridgehead atoms. The van der Waals surface area contributed by atoms with Crippen molar-refractivity contribution in [3.05, 3.63) is 22.7 Å². The van der Waals surface area contributed by atoms with Gasteiger partial charge in [0.15, 0.2) is 0 Å². The van der Waals surface area contributed by atoms with Gasteiger partial charge in [0.2, 0.25) is 0 Å². The number of nitrogen functional groups attached to an aromatic ring is 1. The van der Waals surface area contributed by atoms with Crippen LogP contribution in [0, 0.1) is 23.2 Å². The van der Waals surface area contributed by atoms with E-state index in [1.807, 2.05) is 23.9 Å². The zero-order chi connectivity index (χ0) is 13.7. The van der Waals surface area contributed by atoms with Gasteiger partial charge in [-0.15, -0.1) is 11.8 Å². The second kappa shape index (κ2) is 4.95. The van der Waals surface area contributed by atoms with E-state index in [0.29, 0.717) is 5.41 Å². The maximum absolute atomic E-state index is 5.83. The van der Waals surface area contributed by atoms with Crippen LogP contribution in [0.1, 0.15) is 38.5 Å². The van der Waals surface area contributed by atoms with Crippen LogP contribution in [0.25, 0.3) is 0 Å². The summed E-state index contributed by atoms with van der Waals surface area (Å²) in [6.45, 7) is 0. The third kappa shape index (κ3) is 2.41. The Morgan fingerprint density at radius 2 is 1.70 bits per heavy atom. The first kappa shape index (κ1) is 13.5. The van der Waals surface area contributed by atoms with Crippen LogP contribution in [0.3, 0.4) is 0 Å². The summed E-state index contributed by atoms with van der Waals surface area (Å²) >= 11 is 5.70. The topological polar surface area (TPSA) is 26.0 Å². The fourth-order valence-electron chi connectivity index (χ4n) is 5.33. The van der Waals surface area contributed by atoms with Gasteiger partial charge in [-0.25, -0.2) is 0 Å². The highest BCUT2D eigenvalue weighted by atomic mass is 79.9. The minimum Gasteiger partial charge on any atom is -0.399 e.